The van der Waals surface area contributed by atoms with E-state index in [9.17, 15) is 14.4 Å². The molecule has 0 aromatic rings. The summed E-state index contributed by atoms with van der Waals surface area (Å²) in [5.41, 5.74) is 0. The molecule has 0 saturated carbocycles. The van der Waals surface area contributed by atoms with Crippen LogP contribution in [0.4, 0.5) is 0 Å². The predicted octanol–water partition coefficient (Wildman–Crippen LogP) is -0.0115. The van der Waals surface area contributed by atoms with Crippen molar-refractivity contribution in [1.29, 1.82) is 0 Å². The van der Waals surface area contributed by atoms with Crippen LogP contribution in [0.1, 0.15) is 12.8 Å². The van der Waals surface area contributed by atoms with Gasteiger partial charge in [-0.15, -0.1) is 5.06 Å². The van der Waals surface area contributed by atoms with Gasteiger partial charge < -0.3 is 4.84 Å². The fraction of sp³-hybridized carbons (Fsp3) is 0.500. The highest BCUT2D eigenvalue weighted by atomic mass is 79.9. The molecular weight excluding hydrogens is 231 g/mol. The number of hydrogen-bond acceptors (Lipinski definition) is 4. The first-order chi connectivity index (χ1) is 5.65. The molecule has 1 fully saturated rings. The highest BCUT2D eigenvalue weighted by Crippen LogP contribution is 2.12. The van der Waals surface area contributed by atoms with E-state index < -0.39 is 17.8 Å². The molecule has 1 rings (SSSR count). The topological polar surface area (TPSA) is 63.7 Å². The quantitative estimate of drug-likeness (QED) is 0.385. The van der Waals surface area contributed by atoms with Crippen molar-refractivity contribution in [2.75, 3.05) is 5.33 Å². The molecule has 0 spiro atoms. The van der Waals surface area contributed by atoms with E-state index in [1.807, 2.05) is 0 Å². The first-order valence-corrected chi connectivity index (χ1v) is 4.40. The first-order valence-electron chi connectivity index (χ1n) is 3.27. The average molecular weight is 237 g/mol. The van der Waals surface area contributed by atoms with Gasteiger partial charge in [0.2, 0.25) is 0 Å². The summed E-state index contributed by atoms with van der Waals surface area (Å²) < 4.78 is 0. The number of alkyl halides is 1. The average Bonchev–Trinajstić information content (AvgIpc) is 2.35. The fourth-order valence-electron chi connectivity index (χ4n) is 0.784. The maximum atomic E-state index is 10.8. The summed E-state index contributed by atoms with van der Waals surface area (Å²) in [4.78, 5) is 36.8. The lowest BCUT2D eigenvalue weighted by Gasteiger charge is -2.10. The zero-order chi connectivity index (χ0) is 9.14. The van der Waals surface area contributed by atoms with Crippen LogP contribution in [-0.2, 0) is 19.2 Å². The standard InChI is InChI=1S/C6H6BrNO4/c7-3-6(11)12-8-4(9)1-2-5(8)10/h1-3H2/i6+1. The Morgan fingerprint density at radius 1 is 1.42 bits per heavy atom. The molecule has 1 aliphatic rings. The molecule has 66 valence electrons. The molecule has 0 unspecified atom stereocenters. The van der Waals surface area contributed by atoms with E-state index in [0.717, 1.165) is 0 Å². The van der Waals surface area contributed by atoms with Crippen LogP contribution in [0.15, 0.2) is 0 Å². The van der Waals surface area contributed by atoms with Gasteiger partial charge in [0.1, 0.15) is 5.33 Å². The summed E-state index contributed by atoms with van der Waals surface area (Å²) in [6.07, 6.45) is 0.239. The minimum absolute atomic E-state index is 0.0376. The predicted molar refractivity (Wildman–Crippen MR) is 41.0 cm³/mol. The van der Waals surface area contributed by atoms with Crippen LogP contribution in [0.2, 0.25) is 0 Å². The van der Waals surface area contributed by atoms with Crippen LogP contribution in [0, 0.1) is 0 Å². The molecule has 6 heteroatoms. The Labute approximate surface area is 76.7 Å². The van der Waals surface area contributed by atoms with Gasteiger partial charge in [0.15, 0.2) is 0 Å². The Morgan fingerprint density at radius 3 is 2.33 bits per heavy atom. The number of imide groups is 1. The molecule has 5 nitrogen and oxygen atoms in total. The zero-order valence-corrected chi connectivity index (χ0v) is 7.67. The van der Waals surface area contributed by atoms with Crippen LogP contribution in [-0.4, -0.2) is 28.2 Å². The van der Waals surface area contributed by atoms with Gasteiger partial charge in [0, 0.05) is 12.8 Å². The van der Waals surface area contributed by atoms with Crippen molar-refractivity contribution in [1.82, 2.24) is 5.06 Å². The second-order valence-electron chi connectivity index (χ2n) is 2.18. The third kappa shape index (κ3) is 1.82. The van der Waals surface area contributed by atoms with E-state index in [1.54, 1.807) is 0 Å². The van der Waals surface area contributed by atoms with Crippen LogP contribution < -0.4 is 0 Å². The van der Waals surface area contributed by atoms with Gasteiger partial charge in [-0.05, 0) is 0 Å². The summed E-state index contributed by atoms with van der Waals surface area (Å²) in [5, 5.41) is 0.480. The zero-order valence-electron chi connectivity index (χ0n) is 6.08. The number of hydroxylamine groups is 2. The summed E-state index contributed by atoms with van der Waals surface area (Å²) >= 11 is 2.84. The lowest BCUT2D eigenvalue weighted by molar-refractivity contribution is -0.195. The Hall–Kier alpha value is -0.910. The van der Waals surface area contributed by atoms with E-state index in [0.29, 0.717) is 5.06 Å². The molecule has 0 bridgehead atoms. The van der Waals surface area contributed by atoms with Crippen molar-refractivity contribution in [2.45, 2.75) is 12.8 Å². The van der Waals surface area contributed by atoms with E-state index in [-0.39, 0.29) is 18.2 Å². The lowest BCUT2D eigenvalue weighted by Crippen LogP contribution is -2.32. The van der Waals surface area contributed by atoms with Crippen molar-refractivity contribution in [2.24, 2.45) is 0 Å². The van der Waals surface area contributed by atoms with E-state index in [2.05, 4.69) is 20.8 Å². The molecule has 2 amide bonds. The SMILES string of the molecule is O=C1CCC(=O)N1O[13C](=O)CBr. The van der Waals surface area contributed by atoms with Crippen LogP contribution >= 0.6 is 15.9 Å². The van der Waals surface area contributed by atoms with Crippen LogP contribution in [0.3, 0.4) is 0 Å². The Balaban J connectivity index is 2.56. The molecule has 0 aliphatic carbocycles. The minimum atomic E-state index is -0.654. The van der Waals surface area contributed by atoms with E-state index >= 15 is 0 Å². The highest BCUT2D eigenvalue weighted by Gasteiger charge is 2.32. The van der Waals surface area contributed by atoms with Crippen LogP contribution in [0.25, 0.3) is 0 Å². The Bertz CT molecular complexity index is 224. The largest absolute Gasteiger partial charge is 0.343 e. The summed E-state index contributed by atoms with van der Waals surface area (Å²) in [6, 6.07) is 0. The molecule has 0 aromatic heterocycles. The van der Waals surface area contributed by atoms with Crippen molar-refractivity contribution < 1.29 is 19.2 Å². The second kappa shape index (κ2) is 3.66. The molecule has 0 radical (unpaired) electrons. The van der Waals surface area contributed by atoms with Gasteiger partial charge in [0.25, 0.3) is 11.8 Å². The van der Waals surface area contributed by atoms with Crippen molar-refractivity contribution in [3.8, 4) is 0 Å². The number of halogens is 1. The maximum Gasteiger partial charge on any atom is 0.343 e. The number of nitrogens with zero attached hydrogens (tertiary/aromatic N) is 1. The molecule has 0 aromatic carbocycles. The van der Waals surface area contributed by atoms with E-state index in [4.69, 9.17) is 0 Å². The monoisotopic (exact) mass is 236 g/mol. The molecule has 1 aliphatic heterocycles. The van der Waals surface area contributed by atoms with Gasteiger partial charge in [-0.1, -0.05) is 15.9 Å². The van der Waals surface area contributed by atoms with Crippen LogP contribution in [0.5, 0.6) is 0 Å². The molecule has 0 atom stereocenters. The Morgan fingerprint density at radius 2 is 1.92 bits per heavy atom. The smallest absolute Gasteiger partial charge is 0.329 e. The number of rotatable bonds is 2. The highest BCUT2D eigenvalue weighted by molar-refractivity contribution is 9.09. The summed E-state index contributed by atoms with van der Waals surface area (Å²) in [7, 11) is 0. The van der Waals surface area contributed by atoms with Crippen molar-refractivity contribution in [3.05, 3.63) is 0 Å². The third-order valence-electron chi connectivity index (χ3n) is 1.31. The number of carbonyl (C=O) groups is 3. The normalized spacial score (nSPS) is 16.9. The van der Waals surface area contributed by atoms with Gasteiger partial charge in [-0.3, -0.25) is 9.59 Å². The van der Waals surface area contributed by atoms with Crippen molar-refractivity contribution in [3.63, 3.8) is 0 Å². The summed E-state index contributed by atoms with van der Waals surface area (Å²) in [5.74, 6) is -1.58. The van der Waals surface area contributed by atoms with Gasteiger partial charge >= 0.3 is 5.97 Å². The molecule has 1 saturated heterocycles. The molecular formula is C6H6BrNO4. The van der Waals surface area contributed by atoms with Gasteiger partial charge in [0.05, 0.1) is 0 Å². The number of amides is 2. The maximum absolute atomic E-state index is 10.8. The third-order valence-corrected chi connectivity index (χ3v) is 1.77. The molecule has 0 N–H and O–H groups in total. The molecule has 12 heavy (non-hydrogen) atoms. The first kappa shape index (κ1) is 9.18. The van der Waals surface area contributed by atoms with Gasteiger partial charge in [-0.2, -0.15) is 0 Å². The summed E-state index contributed by atoms with van der Waals surface area (Å²) in [6.45, 7) is 0. The van der Waals surface area contributed by atoms with Crippen molar-refractivity contribution >= 4 is 33.7 Å². The lowest BCUT2D eigenvalue weighted by atomic mass is 10.4. The fourth-order valence-corrected chi connectivity index (χ4v) is 0.886. The second-order valence-corrected chi connectivity index (χ2v) is 2.74. The van der Waals surface area contributed by atoms with Gasteiger partial charge in [-0.25, -0.2) is 4.79 Å². The van der Waals surface area contributed by atoms with E-state index in [1.165, 1.54) is 0 Å². The minimum Gasteiger partial charge on any atom is -0.329 e. The molecule has 1 heterocycles. The number of carbonyl (C=O) groups excluding carboxylic acids is 3. The number of hydrogen-bond donors (Lipinski definition) is 0. The Kier molecular flexibility index (Phi) is 2.80.